The minimum atomic E-state index is -0.749. The van der Waals surface area contributed by atoms with Crippen LogP contribution in [0.25, 0.3) is 0 Å². The summed E-state index contributed by atoms with van der Waals surface area (Å²) in [5, 5.41) is 7.11. The molecule has 9 nitrogen and oxygen atoms in total. The van der Waals surface area contributed by atoms with Gasteiger partial charge < -0.3 is 19.2 Å². The maximum Gasteiger partial charge on any atom is 0.374 e. The molecule has 0 saturated carbocycles. The first kappa shape index (κ1) is 20.3. The predicted molar refractivity (Wildman–Crippen MR) is 104 cm³/mol. The molecule has 0 saturated heterocycles. The van der Waals surface area contributed by atoms with Crippen molar-refractivity contribution in [2.75, 3.05) is 18.5 Å². The highest BCUT2D eigenvalue weighted by molar-refractivity contribution is 7.18. The van der Waals surface area contributed by atoms with Crippen LogP contribution in [0.5, 0.6) is 0 Å². The van der Waals surface area contributed by atoms with Gasteiger partial charge in [0.05, 0.1) is 18.2 Å². The summed E-state index contributed by atoms with van der Waals surface area (Å²) in [7, 11) is 0. The third-order valence-electron chi connectivity index (χ3n) is 3.72. The van der Waals surface area contributed by atoms with E-state index < -0.39 is 24.5 Å². The van der Waals surface area contributed by atoms with Gasteiger partial charge in [0, 0.05) is 12.4 Å². The van der Waals surface area contributed by atoms with Crippen LogP contribution in [0.1, 0.15) is 38.5 Å². The van der Waals surface area contributed by atoms with Gasteiger partial charge in [0.25, 0.3) is 5.91 Å². The lowest BCUT2D eigenvalue weighted by atomic mass is 10.3. The zero-order valence-electron chi connectivity index (χ0n) is 15.8. The zero-order valence-corrected chi connectivity index (χ0v) is 16.7. The van der Waals surface area contributed by atoms with Gasteiger partial charge in [-0.1, -0.05) is 0 Å². The number of carbonyl (C=O) groups excluding carboxylic acids is 3. The molecule has 0 spiro atoms. The molecule has 0 unspecified atom stereocenters. The van der Waals surface area contributed by atoms with E-state index in [1.165, 1.54) is 6.07 Å². The van der Waals surface area contributed by atoms with Crippen molar-refractivity contribution in [2.24, 2.45) is 0 Å². The fourth-order valence-electron chi connectivity index (χ4n) is 2.44. The molecule has 0 aliphatic heterocycles. The Bertz CT molecular complexity index is 1010. The number of anilines is 1. The van der Waals surface area contributed by atoms with Crippen molar-refractivity contribution < 1.29 is 28.3 Å². The molecular formula is C19H19N3O6S. The first-order chi connectivity index (χ1) is 14.0. The Kier molecular flexibility index (Phi) is 6.45. The Labute approximate surface area is 170 Å². The lowest BCUT2D eigenvalue weighted by Crippen LogP contribution is -2.20. The molecule has 0 atom stereocenters. The van der Waals surface area contributed by atoms with E-state index in [0.29, 0.717) is 27.7 Å². The van der Waals surface area contributed by atoms with Crippen LogP contribution in [0.2, 0.25) is 0 Å². The van der Waals surface area contributed by atoms with E-state index in [0.717, 1.165) is 11.3 Å². The first-order valence-electron chi connectivity index (χ1n) is 8.77. The van der Waals surface area contributed by atoms with Gasteiger partial charge in [-0.3, -0.25) is 9.48 Å². The average Bonchev–Trinajstić information content (AvgIpc) is 3.42. The highest BCUT2D eigenvalue weighted by atomic mass is 32.1. The Balaban J connectivity index is 1.50. The van der Waals surface area contributed by atoms with Crippen molar-refractivity contribution in [3.8, 4) is 0 Å². The Morgan fingerprint density at radius 2 is 2.07 bits per heavy atom. The average molecular weight is 417 g/mol. The van der Waals surface area contributed by atoms with Crippen LogP contribution in [-0.4, -0.2) is 40.8 Å². The number of aromatic nitrogens is 2. The molecule has 0 aromatic carbocycles. The summed E-state index contributed by atoms with van der Waals surface area (Å²) < 4.78 is 17.0. The molecule has 152 valence electrons. The highest BCUT2D eigenvalue weighted by Gasteiger charge is 2.18. The number of ether oxygens (including phenoxy) is 2. The third kappa shape index (κ3) is 5.32. The third-order valence-corrected chi connectivity index (χ3v) is 4.85. The van der Waals surface area contributed by atoms with Crippen molar-refractivity contribution >= 4 is 34.2 Å². The van der Waals surface area contributed by atoms with Crippen LogP contribution in [-0.2, 0) is 20.8 Å². The summed E-state index contributed by atoms with van der Waals surface area (Å²) in [6.45, 7) is 3.62. The molecule has 0 aliphatic rings. The second kappa shape index (κ2) is 9.20. The number of amides is 1. The quantitative estimate of drug-likeness (QED) is 0.561. The molecule has 3 rings (SSSR count). The van der Waals surface area contributed by atoms with E-state index in [1.807, 2.05) is 0 Å². The van der Waals surface area contributed by atoms with Crippen molar-refractivity contribution in [2.45, 2.75) is 20.4 Å². The second-order valence-corrected chi connectivity index (χ2v) is 6.99. The number of hydrogen-bond donors (Lipinski definition) is 1. The van der Waals surface area contributed by atoms with Gasteiger partial charge in [0.1, 0.15) is 10.6 Å². The summed E-state index contributed by atoms with van der Waals surface area (Å²) in [6, 6.07) is 6.56. The molecule has 1 amide bonds. The number of hydrogen-bond acceptors (Lipinski definition) is 8. The van der Waals surface area contributed by atoms with Crippen molar-refractivity contribution in [1.82, 2.24) is 9.78 Å². The molecule has 1 N–H and O–H groups in total. The van der Waals surface area contributed by atoms with Crippen molar-refractivity contribution in [1.29, 1.82) is 0 Å². The first-order valence-corrected chi connectivity index (χ1v) is 9.58. The number of nitrogens with zero attached hydrogens (tertiary/aromatic N) is 2. The number of aryl methyl sites for hydroxylation is 1. The molecule has 0 aliphatic carbocycles. The Morgan fingerprint density at radius 1 is 1.24 bits per heavy atom. The predicted octanol–water partition coefficient (Wildman–Crippen LogP) is 2.87. The molecular weight excluding hydrogens is 398 g/mol. The van der Waals surface area contributed by atoms with Gasteiger partial charge >= 0.3 is 11.9 Å². The Hall–Kier alpha value is -3.40. The summed E-state index contributed by atoms with van der Waals surface area (Å²) in [6.07, 6.45) is 3.41. The van der Waals surface area contributed by atoms with E-state index in [9.17, 15) is 14.4 Å². The lowest BCUT2D eigenvalue weighted by molar-refractivity contribution is -0.119. The minimum Gasteiger partial charge on any atom is -0.462 e. The van der Waals surface area contributed by atoms with Crippen molar-refractivity contribution in [3.63, 3.8) is 0 Å². The van der Waals surface area contributed by atoms with E-state index in [2.05, 4.69) is 10.4 Å². The van der Waals surface area contributed by atoms with Crippen LogP contribution in [0.4, 0.5) is 5.00 Å². The van der Waals surface area contributed by atoms with Crippen LogP contribution in [0.3, 0.4) is 0 Å². The molecule has 3 heterocycles. The highest BCUT2D eigenvalue weighted by Crippen LogP contribution is 2.27. The number of thiophene rings is 1. The van der Waals surface area contributed by atoms with Gasteiger partial charge in [0.15, 0.2) is 6.61 Å². The number of furan rings is 1. The lowest BCUT2D eigenvalue weighted by Gasteiger charge is -2.03. The molecule has 10 heteroatoms. The van der Waals surface area contributed by atoms with Crippen molar-refractivity contribution in [3.05, 3.63) is 58.6 Å². The van der Waals surface area contributed by atoms with Gasteiger partial charge in [-0.25, -0.2) is 9.59 Å². The Morgan fingerprint density at radius 3 is 2.79 bits per heavy atom. The van der Waals surface area contributed by atoms with Crippen LogP contribution >= 0.6 is 11.3 Å². The molecule has 0 fully saturated rings. The SMILES string of the molecule is CCOC(=O)c1sc(NC(=O)COC(=O)c2ccc(Cn3cccn3)o2)cc1C. The topological polar surface area (TPSA) is 113 Å². The maximum absolute atomic E-state index is 12.1. The van der Waals surface area contributed by atoms with Gasteiger partial charge in [-0.05, 0) is 43.7 Å². The van der Waals surface area contributed by atoms with E-state index >= 15 is 0 Å². The summed E-state index contributed by atoms with van der Waals surface area (Å²) >= 11 is 1.10. The van der Waals surface area contributed by atoms with E-state index in [-0.39, 0.29) is 12.4 Å². The fourth-order valence-corrected chi connectivity index (χ4v) is 3.43. The number of nitrogens with one attached hydrogen (secondary N) is 1. The molecule has 0 bridgehead atoms. The number of carbonyl (C=O) groups is 3. The van der Waals surface area contributed by atoms with Gasteiger partial charge in [0.2, 0.25) is 5.76 Å². The summed E-state index contributed by atoms with van der Waals surface area (Å²) in [4.78, 5) is 36.3. The normalized spacial score (nSPS) is 10.6. The fraction of sp³-hybridized carbons (Fsp3) is 0.263. The smallest absolute Gasteiger partial charge is 0.374 e. The summed E-state index contributed by atoms with van der Waals surface area (Å²) in [5.41, 5.74) is 0.695. The van der Waals surface area contributed by atoms with Crippen LogP contribution in [0.15, 0.2) is 41.1 Å². The van der Waals surface area contributed by atoms with Crippen LogP contribution in [0, 0.1) is 6.92 Å². The van der Waals surface area contributed by atoms with E-state index in [1.54, 1.807) is 49.1 Å². The van der Waals surface area contributed by atoms with Crippen LogP contribution < -0.4 is 5.32 Å². The number of esters is 2. The number of rotatable bonds is 8. The molecule has 3 aromatic heterocycles. The second-order valence-electron chi connectivity index (χ2n) is 5.94. The standard InChI is InChI=1S/C19H19N3O6S/c1-3-26-19(25)17-12(2)9-16(29-17)21-15(23)11-27-18(24)14-6-5-13(28-14)10-22-8-4-7-20-22/h4-9H,3,10-11H2,1-2H3,(H,21,23). The largest absolute Gasteiger partial charge is 0.462 e. The zero-order chi connectivity index (χ0) is 20.8. The van der Waals surface area contributed by atoms with Gasteiger partial charge in [-0.2, -0.15) is 5.10 Å². The monoisotopic (exact) mass is 417 g/mol. The molecule has 29 heavy (non-hydrogen) atoms. The molecule has 0 radical (unpaired) electrons. The van der Waals surface area contributed by atoms with Gasteiger partial charge in [-0.15, -0.1) is 11.3 Å². The molecule has 3 aromatic rings. The maximum atomic E-state index is 12.1. The minimum absolute atomic E-state index is 0.00322. The van der Waals surface area contributed by atoms with E-state index in [4.69, 9.17) is 13.9 Å². The summed E-state index contributed by atoms with van der Waals surface area (Å²) in [5.74, 6) is -1.19.